The van der Waals surface area contributed by atoms with Crippen molar-refractivity contribution in [1.29, 1.82) is 10.5 Å². The maximum absolute atomic E-state index is 9.81. The number of hydrogen-bond acceptors (Lipinski definition) is 2. The highest BCUT2D eigenvalue weighted by Crippen LogP contribution is 2.43. The first kappa shape index (κ1) is 16.6. The molecule has 1 aromatic rings. The summed E-state index contributed by atoms with van der Waals surface area (Å²) in [5.74, 6) is 0.0446. The third-order valence-corrected chi connectivity index (χ3v) is 5.01. The summed E-state index contributed by atoms with van der Waals surface area (Å²) in [7, 11) is 0. The van der Waals surface area contributed by atoms with Crippen molar-refractivity contribution in [3.8, 4) is 12.1 Å². The van der Waals surface area contributed by atoms with Crippen LogP contribution in [0.3, 0.4) is 0 Å². The van der Waals surface area contributed by atoms with E-state index in [0.717, 1.165) is 31.2 Å². The van der Waals surface area contributed by atoms with Crippen LogP contribution in [-0.4, -0.2) is 0 Å². The van der Waals surface area contributed by atoms with E-state index in [1.807, 2.05) is 18.2 Å². The topological polar surface area (TPSA) is 47.6 Å². The fourth-order valence-electron chi connectivity index (χ4n) is 3.66. The van der Waals surface area contributed by atoms with Gasteiger partial charge in [-0.15, -0.1) is 0 Å². The molecule has 1 aliphatic rings. The molecule has 116 valence electrons. The van der Waals surface area contributed by atoms with Crippen molar-refractivity contribution in [3.05, 3.63) is 35.9 Å². The molecule has 0 radical (unpaired) electrons. The molecule has 1 fully saturated rings. The summed E-state index contributed by atoms with van der Waals surface area (Å²) in [5.41, 5.74) is 0.295. The lowest BCUT2D eigenvalue weighted by molar-refractivity contribution is 0.332. The summed E-state index contributed by atoms with van der Waals surface area (Å²) in [5, 5.41) is 19.6. The van der Waals surface area contributed by atoms with Gasteiger partial charge in [0.05, 0.1) is 12.1 Å². The van der Waals surface area contributed by atoms with Gasteiger partial charge in [-0.25, -0.2) is 0 Å². The van der Waals surface area contributed by atoms with Gasteiger partial charge in [-0.3, -0.25) is 0 Å². The second-order valence-corrected chi connectivity index (χ2v) is 6.53. The van der Waals surface area contributed by atoms with Crippen molar-refractivity contribution in [3.63, 3.8) is 0 Å². The number of rotatable bonds is 1. The molecule has 2 rings (SSSR count). The van der Waals surface area contributed by atoms with Gasteiger partial charge < -0.3 is 0 Å². The van der Waals surface area contributed by atoms with E-state index in [9.17, 15) is 10.5 Å². The minimum atomic E-state index is -0.861. The van der Waals surface area contributed by atoms with E-state index in [1.165, 1.54) is 32.1 Å². The van der Waals surface area contributed by atoms with E-state index in [2.05, 4.69) is 24.3 Å². The molecular weight excluding hydrogens is 268 g/mol. The van der Waals surface area contributed by atoms with Crippen LogP contribution in [0.25, 0.3) is 0 Å². The number of hydrogen-bond donors (Lipinski definition) is 0. The molecule has 1 unspecified atom stereocenters. The zero-order valence-corrected chi connectivity index (χ0v) is 13.4. The zero-order valence-electron chi connectivity index (χ0n) is 13.4. The summed E-state index contributed by atoms with van der Waals surface area (Å²) in [4.78, 5) is 0. The van der Waals surface area contributed by atoms with Crippen molar-refractivity contribution in [2.45, 2.75) is 70.1 Å². The number of benzene rings is 1. The average molecular weight is 294 g/mol. The third kappa shape index (κ3) is 4.11. The van der Waals surface area contributed by atoms with Gasteiger partial charge >= 0.3 is 0 Å². The standard InChI is InChI=1S/C20H26N2/c21-16-20(17-22)15-11-6-4-2-1-3-5-10-14-19(20)18-12-8-7-9-13-18/h7-9,12-13,19H,1-6,10-11,14-15H2. The summed E-state index contributed by atoms with van der Waals surface area (Å²) in [6.45, 7) is 0. The van der Waals surface area contributed by atoms with E-state index < -0.39 is 5.41 Å². The van der Waals surface area contributed by atoms with Gasteiger partial charge in [0.2, 0.25) is 0 Å². The molecule has 2 nitrogen and oxygen atoms in total. The van der Waals surface area contributed by atoms with Crippen LogP contribution in [0, 0.1) is 28.1 Å². The second kappa shape index (κ2) is 8.60. The predicted molar refractivity (Wildman–Crippen MR) is 89.0 cm³/mol. The molecule has 0 N–H and O–H groups in total. The molecule has 1 aromatic carbocycles. The highest BCUT2D eigenvalue weighted by atomic mass is 14.5. The first-order valence-electron chi connectivity index (χ1n) is 8.70. The van der Waals surface area contributed by atoms with E-state index in [4.69, 9.17) is 0 Å². The van der Waals surface area contributed by atoms with Crippen LogP contribution in [-0.2, 0) is 0 Å². The molecule has 22 heavy (non-hydrogen) atoms. The monoisotopic (exact) mass is 294 g/mol. The molecule has 1 aliphatic carbocycles. The Hall–Kier alpha value is -1.80. The van der Waals surface area contributed by atoms with Gasteiger partial charge in [0.25, 0.3) is 0 Å². The highest BCUT2D eigenvalue weighted by Gasteiger charge is 2.39. The molecule has 0 saturated heterocycles. The van der Waals surface area contributed by atoms with Crippen LogP contribution in [0.2, 0.25) is 0 Å². The van der Waals surface area contributed by atoms with Crippen LogP contribution in [0.4, 0.5) is 0 Å². The number of nitriles is 2. The van der Waals surface area contributed by atoms with Crippen LogP contribution >= 0.6 is 0 Å². The number of nitrogens with zero attached hydrogens (tertiary/aromatic N) is 2. The lowest BCUT2D eigenvalue weighted by Gasteiger charge is -2.30. The van der Waals surface area contributed by atoms with Crippen molar-refractivity contribution >= 4 is 0 Å². The quantitative estimate of drug-likeness (QED) is 0.665. The van der Waals surface area contributed by atoms with Crippen LogP contribution in [0.1, 0.15) is 75.7 Å². The lowest BCUT2D eigenvalue weighted by atomic mass is 9.68. The normalized spacial score (nSPS) is 23.3. The van der Waals surface area contributed by atoms with Gasteiger partial charge in [-0.05, 0) is 18.4 Å². The van der Waals surface area contributed by atoms with Crippen molar-refractivity contribution in [2.75, 3.05) is 0 Å². The van der Waals surface area contributed by atoms with E-state index in [-0.39, 0.29) is 5.92 Å². The summed E-state index contributed by atoms with van der Waals surface area (Å²) in [6.07, 6.45) is 11.3. The molecular formula is C20H26N2. The molecule has 0 aliphatic heterocycles. The van der Waals surface area contributed by atoms with E-state index >= 15 is 0 Å². The fraction of sp³-hybridized carbons (Fsp3) is 0.600. The molecule has 2 heteroatoms. The molecule has 1 saturated carbocycles. The Bertz CT molecular complexity index is 507. The molecule has 1 atom stereocenters. The molecule has 0 aromatic heterocycles. The Kier molecular flexibility index (Phi) is 6.47. The largest absolute Gasteiger partial charge is 0.197 e. The van der Waals surface area contributed by atoms with Gasteiger partial charge in [-0.2, -0.15) is 10.5 Å². The van der Waals surface area contributed by atoms with Gasteiger partial charge in [-0.1, -0.05) is 81.7 Å². The summed E-state index contributed by atoms with van der Waals surface area (Å²) < 4.78 is 0. The zero-order chi connectivity index (χ0) is 15.7. The van der Waals surface area contributed by atoms with Gasteiger partial charge in [0.1, 0.15) is 0 Å². The highest BCUT2D eigenvalue weighted by molar-refractivity contribution is 5.30. The molecule has 0 bridgehead atoms. The average Bonchev–Trinajstić information content (AvgIpc) is 2.56. The SMILES string of the molecule is N#CC1(C#N)CCCCCCCCCCC1c1ccccc1. The van der Waals surface area contributed by atoms with Crippen molar-refractivity contribution < 1.29 is 0 Å². The maximum Gasteiger partial charge on any atom is 0.150 e. The molecule has 0 heterocycles. The minimum Gasteiger partial charge on any atom is -0.197 e. The predicted octanol–water partition coefficient (Wildman–Crippen LogP) is 5.72. The van der Waals surface area contributed by atoms with Crippen molar-refractivity contribution in [2.24, 2.45) is 5.41 Å². The maximum atomic E-state index is 9.81. The van der Waals surface area contributed by atoms with E-state index in [0.29, 0.717) is 6.42 Å². The van der Waals surface area contributed by atoms with Crippen LogP contribution in [0.5, 0.6) is 0 Å². The minimum absolute atomic E-state index is 0.0446. The Morgan fingerprint density at radius 2 is 1.32 bits per heavy atom. The smallest absolute Gasteiger partial charge is 0.150 e. The van der Waals surface area contributed by atoms with Crippen molar-refractivity contribution in [1.82, 2.24) is 0 Å². The van der Waals surface area contributed by atoms with Crippen LogP contribution in [0.15, 0.2) is 30.3 Å². The van der Waals surface area contributed by atoms with Crippen LogP contribution < -0.4 is 0 Å². The second-order valence-electron chi connectivity index (χ2n) is 6.53. The van der Waals surface area contributed by atoms with Gasteiger partial charge in [0, 0.05) is 5.92 Å². The Balaban J connectivity index is 2.27. The summed E-state index contributed by atoms with van der Waals surface area (Å²) in [6, 6.07) is 15.0. The first-order chi connectivity index (χ1) is 10.8. The Morgan fingerprint density at radius 1 is 0.773 bits per heavy atom. The molecule has 0 amide bonds. The van der Waals surface area contributed by atoms with E-state index in [1.54, 1.807) is 0 Å². The Morgan fingerprint density at radius 3 is 1.91 bits per heavy atom. The third-order valence-electron chi connectivity index (χ3n) is 5.01. The summed E-state index contributed by atoms with van der Waals surface area (Å²) >= 11 is 0. The fourth-order valence-corrected chi connectivity index (χ4v) is 3.66. The lowest BCUT2D eigenvalue weighted by Crippen LogP contribution is -2.26. The molecule has 0 spiro atoms. The first-order valence-corrected chi connectivity index (χ1v) is 8.70. The Labute approximate surface area is 134 Å². The van der Waals surface area contributed by atoms with Gasteiger partial charge in [0.15, 0.2) is 5.41 Å².